The van der Waals surface area contributed by atoms with Gasteiger partial charge in [-0.3, -0.25) is 0 Å². The van der Waals surface area contributed by atoms with Gasteiger partial charge >= 0.3 is 0 Å². The van der Waals surface area contributed by atoms with Crippen molar-refractivity contribution in [3.63, 3.8) is 0 Å². The summed E-state index contributed by atoms with van der Waals surface area (Å²) in [6.07, 6.45) is 3.46. The Bertz CT molecular complexity index is 119. The Kier molecular flexibility index (Phi) is 2.68. The zero-order chi connectivity index (χ0) is 7.40. The Hall–Kier alpha value is -0.570. The molecule has 1 atom stereocenters. The summed E-state index contributed by atoms with van der Waals surface area (Å²) in [4.78, 5) is 10.1. The SMILES string of the molecule is O=C([O-])CC1CCCCN1. The van der Waals surface area contributed by atoms with Gasteiger partial charge in [0.25, 0.3) is 0 Å². The summed E-state index contributed by atoms with van der Waals surface area (Å²) in [7, 11) is 0. The molecule has 0 aliphatic carbocycles. The van der Waals surface area contributed by atoms with E-state index in [0.717, 1.165) is 19.4 Å². The number of carbonyl (C=O) groups is 1. The average molecular weight is 142 g/mol. The first-order chi connectivity index (χ1) is 4.79. The van der Waals surface area contributed by atoms with Crippen LogP contribution in [0.2, 0.25) is 0 Å². The summed E-state index contributed by atoms with van der Waals surface area (Å²) < 4.78 is 0. The summed E-state index contributed by atoms with van der Waals surface area (Å²) in [5.41, 5.74) is 0. The third-order valence-corrected chi connectivity index (χ3v) is 1.83. The smallest absolute Gasteiger partial charge is 0.0429 e. The standard InChI is InChI=1S/C7H13NO2/c9-7(10)5-6-3-1-2-4-8-6/h6,8H,1-5H2,(H,9,10)/p-1. The molecule has 0 aromatic heterocycles. The molecule has 58 valence electrons. The largest absolute Gasteiger partial charge is 0.550 e. The average Bonchev–Trinajstić information content (AvgIpc) is 1.88. The Morgan fingerprint density at radius 1 is 1.60 bits per heavy atom. The van der Waals surface area contributed by atoms with Crippen molar-refractivity contribution in [3.8, 4) is 0 Å². The summed E-state index contributed by atoms with van der Waals surface area (Å²) in [5.74, 6) is -0.945. The minimum atomic E-state index is -0.945. The topological polar surface area (TPSA) is 52.2 Å². The molecule has 1 fully saturated rings. The molecule has 1 unspecified atom stereocenters. The van der Waals surface area contributed by atoms with Gasteiger partial charge in [-0.2, -0.15) is 0 Å². The maximum Gasteiger partial charge on any atom is 0.0429 e. The summed E-state index contributed by atoms with van der Waals surface area (Å²) in [6.45, 7) is 0.956. The molecule has 0 radical (unpaired) electrons. The number of carbonyl (C=O) groups excluding carboxylic acids is 1. The molecule has 1 N–H and O–H groups in total. The number of hydrogen-bond acceptors (Lipinski definition) is 3. The number of carboxylic acids is 1. The molecule has 0 aromatic rings. The van der Waals surface area contributed by atoms with Crippen molar-refractivity contribution in [1.82, 2.24) is 5.32 Å². The molecule has 0 amide bonds. The van der Waals surface area contributed by atoms with E-state index in [1.165, 1.54) is 6.42 Å². The van der Waals surface area contributed by atoms with E-state index in [0.29, 0.717) is 0 Å². The maximum atomic E-state index is 10.1. The molecule has 3 heteroatoms. The zero-order valence-electron chi connectivity index (χ0n) is 5.93. The van der Waals surface area contributed by atoms with Crippen LogP contribution in [-0.2, 0) is 4.79 Å². The van der Waals surface area contributed by atoms with Gasteiger partial charge in [0, 0.05) is 18.4 Å². The zero-order valence-corrected chi connectivity index (χ0v) is 5.93. The molecule has 1 aliphatic rings. The number of rotatable bonds is 2. The highest BCUT2D eigenvalue weighted by Crippen LogP contribution is 2.08. The summed E-state index contributed by atoms with van der Waals surface area (Å²) >= 11 is 0. The normalized spacial score (nSPS) is 26.2. The lowest BCUT2D eigenvalue weighted by Crippen LogP contribution is -2.39. The van der Waals surface area contributed by atoms with Crippen LogP contribution in [0.25, 0.3) is 0 Å². The summed E-state index contributed by atoms with van der Waals surface area (Å²) in [5, 5.41) is 13.2. The third kappa shape index (κ3) is 2.35. The van der Waals surface area contributed by atoms with Crippen molar-refractivity contribution >= 4 is 5.97 Å². The quantitative estimate of drug-likeness (QED) is 0.553. The van der Waals surface area contributed by atoms with Gasteiger partial charge in [0.1, 0.15) is 0 Å². The fraction of sp³-hybridized carbons (Fsp3) is 0.857. The van der Waals surface area contributed by atoms with Crippen LogP contribution in [0, 0.1) is 0 Å². The molecule has 1 aliphatic heterocycles. The minimum Gasteiger partial charge on any atom is -0.550 e. The molecular formula is C7H12NO2-. The molecule has 0 aromatic carbocycles. The Morgan fingerprint density at radius 2 is 2.40 bits per heavy atom. The first kappa shape index (κ1) is 7.54. The molecule has 1 saturated heterocycles. The van der Waals surface area contributed by atoms with Crippen LogP contribution in [0.3, 0.4) is 0 Å². The van der Waals surface area contributed by atoms with Crippen LogP contribution >= 0.6 is 0 Å². The van der Waals surface area contributed by atoms with E-state index < -0.39 is 5.97 Å². The molecule has 0 bridgehead atoms. The first-order valence-electron chi connectivity index (χ1n) is 3.72. The molecular weight excluding hydrogens is 130 g/mol. The van der Waals surface area contributed by atoms with Crippen molar-refractivity contribution in [2.24, 2.45) is 0 Å². The second kappa shape index (κ2) is 3.56. The number of piperidine rings is 1. The lowest BCUT2D eigenvalue weighted by molar-refractivity contribution is -0.306. The highest BCUT2D eigenvalue weighted by atomic mass is 16.4. The highest BCUT2D eigenvalue weighted by molar-refractivity contribution is 5.65. The monoisotopic (exact) mass is 142 g/mol. The predicted octanol–water partition coefficient (Wildman–Crippen LogP) is -0.731. The van der Waals surface area contributed by atoms with Crippen LogP contribution in [-0.4, -0.2) is 18.6 Å². The van der Waals surface area contributed by atoms with Crippen molar-refractivity contribution < 1.29 is 9.90 Å². The lowest BCUT2D eigenvalue weighted by Gasteiger charge is -2.23. The molecule has 0 saturated carbocycles. The number of hydrogen-bond donors (Lipinski definition) is 1. The molecule has 10 heavy (non-hydrogen) atoms. The van der Waals surface area contributed by atoms with Gasteiger partial charge in [-0.25, -0.2) is 0 Å². The second-order valence-corrected chi connectivity index (χ2v) is 2.72. The second-order valence-electron chi connectivity index (χ2n) is 2.72. The van der Waals surface area contributed by atoms with Gasteiger partial charge in [-0.1, -0.05) is 6.42 Å². The molecule has 1 rings (SSSR count). The van der Waals surface area contributed by atoms with E-state index in [4.69, 9.17) is 0 Å². The van der Waals surface area contributed by atoms with Crippen LogP contribution in [0.4, 0.5) is 0 Å². The predicted molar refractivity (Wildman–Crippen MR) is 35.3 cm³/mol. The fourth-order valence-corrected chi connectivity index (χ4v) is 1.30. The Morgan fingerprint density at radius 3 is 2.90 bits per heavy atom. The Balaban J connectivity index is 2.19. The van der Waals surface area contributed by atoms with E-state index in [1.807, 2.05) is 0 Å². The van der Waals surface area contributed by atoms with Gasteiger partial charge in [-0.15, -0.1) is 0 Å². The fourth-order valence-electron chi connectivity index (χ4n) is 1.30. The molecule has 0 spiro atoms. The molecule has 3 nitrogen and oxygen atoms in total. The first-order valence-corrected chi connectivity index (χ1v) is 3.72. The van der Waals surface area contributed by atoms with Crippen LogP contribution in [0.1, 0.15) is 25.7 Å². The van der Waals surface area contributed by atoms with Crippen molar-refractivity contribution in [3.05, 3.63) is 0 Å². The highest BCUT2D eigenvalue weighted by Gasteiger charge is 2.11. The van der Waals surface area contributed by atoms with Crippen LogP contribution in [0.15, 0.2) is 0 Å². The number of nitrogens with one attached hydrogen (secondary N) is 1. The van der Waals surface area contributed by atoms with Gasteiger partial charge < -0.3 is 15.2 Å². The van der Waals surface area contributed by atoms with Crippen LogP contribution < -0.4 is 10.4 Å². The lowest BCUT2D eigenvalue weighted by atomic mass is 10.0. The minimum absolute atomic E-state index is 0.166. The van der Waals surface area contributed by atoms with Gasteiger partial charge in [0.15, 0.2) is 0 Å². The maximum absolute atomic E-state index is 10.1. The van der Waals surface area contributed by atoms with Gasteiger partial charge in [-0.05, 0) is 19.4 Å². The van der Waals surface area contributed by atoms with E-state index in [9.17, 15) is 9.90 Å². The van der Waals surface area contributed by atoms with Gasteiger partial charge in [0.2, 0.25) is 0 Å². The third-order valence-electron chi connectivity index (χ3n) is 1.83. The molecule has 1 heterocycles. The summed E-state index contributed by atoms with van der Waals surface area (Å²) in [6, 6.07) is 0.166. The number of carboxylic acid groups (broad SMARTS) is 1. The van der Waals surface area contributed by atoms with Crippen LogP contribution in [0.5, 0.6) is 0 Å². The van der Waals surface area contributed by atoms with E-state index >= 15 is 0 Å². The number of aliphatic carboxylic acids is 1. The van der Waals surface area contributed by atoms with Crippen molar-refractivity contribution in [2.75, 3.05) is 6.54 Å². The van der Waals surface area contributed by atoms with Crippen molar-refractivity contribution in [1.29, 1.82) is 0 Å². The van der Waals surface area contributed by atoms with E-state index in [1.54, 1.807) is 0 Å². The van der Waals surface area contributed by atoms with E-state index in [-0.39, 0.29) is 12.5 Å². The Labute approximate surface area is 60.4 Å². The van der Waals surface area contributed by atoms with E-state index in [2.05, 4.69) is 5.32 Å². The van der Waals surface area contributed by atoms with Gasteiger partial charge in [0.05, 0.1) is 0 Å². The van der Waals surface area contributed by atoms with Crippen molar-refractivity contribution in [2.45, 2.75) is 31.7 Å².